The number of rotatable bonds is 3. The number of anilines is 1. The van der Waals surface area contributed by atoms with Gasteiger partial charge in [-0.05, 0) is 24.6 Å². The van der Waals surface area contributed by atoms with E-state index >= 15 is 0 Å². The average Bonchev–Trinajstić information content (AvgIpc) is 2.57. The normalized spacial score (nSPS) is 10.9. The zero-order valence-electron chi connectivity index (χ0n) is 10.4. The van der Waals surface area contributed by atoms with Crippen molar-refractivity contribution in [2.45, 2.75) is 19.8 Å². The average molecular weight is 268 g/mol. The van der Waals surface area contributed by atoms with Gasteiger partial charge in [-0.1, -0.05) is 24.9 Å². The molecule has 0 aliphatic heterocycles. The van der Waals surface area contributed by atoms with Crippen LogP contribution in [0.1, 0.15) is 19.0 Å². The second-order valence-electron chi connectivity index (χ2n) is 4.20. The van der Waals surface area contributed by atoms with Crippen LogP contribution in [0.4, 0.5) is 10.2 Å². The molecule has 0 atom stereocenters. The van der Waals surface area contributed by atoms with Gasteiger partial charge in [0, 0.05) is 18.2 Å². The van der Waals surface area contributed by atoms with Crippen LogP contribution in [-0.4, -0.2) is 9.78 Å². The van der Waals surface area contributed by atoms with Gasteiger partial charge in [-0.3, -0.25) is 4.68 Å². The van der Waals surface area contributed by atoms with Crippen molar-refractivity contribution in [1.82, 2.24) is 9.78 Å². The van der Waals surface area contributed by atoms with Gasteiger partial charge >= 0.3 is 0 Å². The zero-order valence-corrected chi connectivity index (χ0v) is 11.1. The van der Waals surface area contributed by atoms with Crippen molar-refractivity contribution in [3.05, 3.63) is 34.7 Å². The maximum Gasteiger partial charge on any atom is 0.129 e. The first kappa shape index (κ1) is 12.9. The maximum atomic E-state index is 13.1. The molecule has 0 bridgehead atoms. The van der Waals surface area contributed by atoms with Gasteiger partial charge in [-0.2, -0.15) is 5.10 Å². The lowest BCUT2D eigenvalue weighted by Crippen LogP contribution is -1.98. The molecule has 2 N–H and O–H groups in total. The molecule has 2 rings (SSSR count). The summed E-state index contributed by atoms with van der Waals surface area (Å²) in [5, 5.41) is 4.73. The minimum absolute atomic E-state index is 0.354. The van der Waals surface area contributed by atoms with Crippen molar-refractivity contribution in [2.75, 3.05) is 5.73 Å². The lowest BCUT2D eigenvalue weighted by atomic mass is 10.0. The van der Waals surface area contributed by atoms with E-state index < -0.39 is 0 Å². The first-order valence-corrected chi connectivity index (χ1v) is 6.19. The summed E-state index contributed by atoms with van der Waals surface area (Å²) < 4.78 is 14.7. The molecule has 96 valence electrons. The van der Waals surface area contributed by atoms with Gasteiger partial charge in [0.25, 0.3) is 0 Å². The lowest BCUT2D eigenvalue weighted by Gasteiger charge is -2.06. The number of hydrogen-bond acceptors (Lipinski definition) is 2. The second kappa shape index (κ2) is 4.98. The number of benzene rings is 1. The Morgan fingerprint density at radius 1 is 1.44 bits per heavy atom. The van der Waals surface area contributed by atoms with Crippen LogP contribution in [0, 0.1) is 5.82 Å². The number of aromatic nitrogens is 2. The molecular weight excluding hydrogens is 253 g/mol. The molecule has 0 saturated heterocycles. The van der Waals surface area contributed by atoms with E-state index in [1.807, 2.05) is 0 Å². The topological polar surface area (TPSA) is 43.8 Å². The molecule has 1 aromatic heterocycles. The Labute approximate surface area is 110 Å². The standard InChI is InChI=1S/C13H15ClFN3/c1-3-4-11-12(13(16)18(2)17-11)9-6-5-8(15)7-10(9)14/h5-7H,3-4,16H2,1-2H3. The number of nitrogen functional groups attached to an aromatic ring is 1. The van der Waals surface area contributed by atoms with Crippen LogP contribution in [0.15, 0.2) is 18.2 Å². The zero-order chi connectivity index (χ0) is 13.3. The first-order chi connectivity index (χ1) is 8.54. The van der Waals surface area contributed by atoms with Crippen LogP contribution in [0.5, 0.6) is 0 Å². The molecule has 0 radical (unpaired) electrons. The summed E-state index contributed by atoms with van der Waals surface area (Å²) in [6, 6.07) is 4.31. The highest BCUT2D eigenvalue weighted by Crippen LogP contribution is 2.35. The molecule has 1 aromatic carbocycles. The van der Waals surface area contributed by atoms with Gasteiger partial charge in [0.15, 0.2) is 0 Å². The van der Waals surface area contributed by atoms with Crippen molar-refractivity contribution in [1.29, 1.82) is 0 Å². The third kappa shape index (κ3) is 2.20. The Bertz CT molecular complexity index is 578. The van der Waals surface area contributed by atoms with Gasteiger partial charge in [0.2, 0.25) is 0 Å². The summed E-state index contributed by atoms with van der Waals surface area (Å²) in [4.78, 5) is 0. The van der Waals surface area contributed by atoms with E-state index in [9.17, 15) is 4.39 Å². The Kier molecular flexibility index (Phi) is 3.57. The fourth-order valence-corrected chi connectivity index (χ4v) is 2.25. The maximum absolute atomic E-state index is 13.1. The Hall–Kier alpha value is -1.55. The van der Waals surface area contributed by atoms with E-state index in [2.05, 4.69) is 12.0 Å². The summed E-state index contributed by atoms with van der Waals surface area (Å²) in [6.07, 6.45) is 1.77. The molecule has 0 aliphatic carbocycles. The van der Waals surface area contributed by atoms with Crippen LogP contribution in [0.2, 0.25) is 5.02 Å². The van der Waals surface area contributed by atoms with Crippen molar-refractivity contribution in [2.24, 2.45) is 7.05 Å². The summed E-state index contributed by atoms with van der Waals surface area (Å²) in [6.45, 7) is 2.07. The Balaban J connectivity index is 2.62. The molecule has 0 saturated carbocycles. The van der Waals surface area contributed by atoms with Crippen molar-refractivity contribution >= 4 is 17.4 Å². The fourth-order valence-electron chi connectivity index (χ4n) is 1.99. The fraction of sp³-hybridized carbons (Fsp3) is 0.308. The van der Waals surface area contributed by atoms with Crippen LogP contribution in [0.3, 0.4) is 0 Å². The number of hydrogen-bond donors (Lipinski definition) is 1. The van der Waals surface area contributed by atoms with Gasteiger partial charge < -0.3 is 5.73 Å². The van der Waals surface area contributed by atoms with Crippen molar-refractivity contribution in [3.8, 4) is 11.1 Å². The predicted molar refractivity (Wildman–Crippen MR) is 72.0 cm³/mol. The van der Waals surface area contributed by atoms with Crippen LogP contribution in [0.25, 0.3) is 11.1 Å². The number of aryl methyl sites for hydroxylation is 2. The van der Waals surface area contributed by atoms with E-state index in [1.54, 1.807) is 17.8 Å². The summed E-state index contributed by atoms with van der Waals surface area (Å²) in [7, 11) is 1.79. The molecule has 0 aliphatic rings. The van der Waals surface area contributed by atoms with Gasteiger partial charge in [-0.15, -0.1) is 0 Å². The van der Waals surface area contributed by atoms with E-state index in [0.717, 1.165) is 29.7 Å². The largest absolute Gasteiger partial charge is 0.383 e. The Morgan fingerprint density at radius 3 is 2.78 bits per heavy atom. The second-order valence-corrected chi connectivity index (χ2v) is 4.61. The molecule has 5 heteroatoms. The minimum Gasteiger partial charge on any atom is -0.383 e. The monoisotopic (exact) mass is 267 g/mol. The quantitative estimate of drug-likeness (QED) is 0.926. The van der Waals surface area contributed by atoms with Crippen LogP contribution >= 0.6 is 11.6 Å². The van der Waals surface area contributed by atoms with Crippen molar-refractivity contribution < 1.29 is 4.39 Å². The van der Waals surface area contributed by atoms with Gasteiger partial charge in [0.1, 0.15) is 11.6 Å². The lowest BCUT2D eigenvalue weighted by molar-refractivity contribution is 0.628. The van der Waals surface area contributed by atoms with E-state index in [1.165, 1.54) is 12.1 Å². The molecule has 18 heavy (non-hydrogen) atoms. The number of nitrogens with zero attached hydrogens (tertiary/aromatic N) is 2. The highest BCUT2D eigenvalue weighted by atomic mass is 35.5. The molecule has 1 heterocycles. The third-order valence-corrected chi connectivity index (χ3v) is 3.16. The molecule has 0 unspecified atom stereocenters. The highest BCUT2D eigenvalue weighted by molar-refractivity contribution is 6.33. The molecule has 2 aromatic rings. The number of nitrogens with two attached hydrogens (primary N) is 1. The predicted octanol–water partition coefficient (Wildman–Crippen LogP) is 3.41. The first-order valence-electron chi connectivity index (χ1n) is 5.81. The minimum atomic E-state index is -0.358. The van der Waals surface area contributed by atoms with Crippen LogP contribution in [-0.2, 0) is 13.5 Å². The van der Waals surface area contributed by atoms with Gasteiger partial charge in [-0.25, -0.2) is 4.39 Å². The third-order valence-electron chi connectivity index (χ3n) is 2.85. The highest BCUT2D eigenvalue weighted by Gasteiger charge is 2.17. The summed E-state index contributed by atoms with van der Waals surface area (Å²) >= 11 is 6.08. The molecule has 0 amide bonds. The van der Waals surface area contributed by atoms with E-state index in [-0.39, 0.29) is 5.82 Å². The van der Waals surface area contributed by atoms with Crippen LogP contribution < -0.4 is 5.73 Å². The Morgan fingerprint density at radius 2 is 2.17 bits per heavy atom. The van der Waals surface area contributed by atoms with Crippen molar-refractivity contribution in [3.63, 3.8) is 0 Å². The van der Waals surface area contributed by atoms with Gasteiger partial charge in [0.05, 0.1) is 10.7 Å². The molecule has 3 nitrogen and oxygen atoms in total. The molecule has 0 spiro atoms. The molecular formula is C13H15ClFN3. The number of halogens is 2. The SMILES string of the molecule is CCCc1nn(C)c(N)c1-c1ccc(F)cc1Cl. The smallest absolute Gasteiger partial charge is 0.129 e. The van der Waals surface area contributed by atoms with E-state index in [4.69, 9.17) is 17.3 Å². The summed E-state index contributed by atoms with van der Waals surface area (Å²) in [5.74, 6) is 0.190. The summed E-state index contributed by atoms with van der Waals surface area (Å²) in [5.41, 5.74) is 8.45. The van der Waals surface area contributed by atoms with E-state index in [0.29, 0.717) is 10.8 Å². The molecule has 0 fully saturated rings.